The molecule has 1 atom stereocenters. The van der Waals surface area contributed by atoms with Crippen LogP contribution >= 0.6 is 0 Å². The maximum atomic E-state index is 11.8. The number of carbonyl (C=O) groups excluding carboxylic acids is 3. The van der Waals surface area contributed by atoms with E-state index in [-0.39, 0.29) is 23.8 Å². The van der Waals surface area contributed by atoms with Crippen molar-refractivity contribution in [3.8, 4) is 6.07 Å². The molecule has 1 fully saturated rings. The Kier molecular flexibility index (Phi) is 2.35. The molecule has 3 rings (SSSR count). The van der Waals surface area contributed by atoms with Gasteiger partial charge in [0.1, 0.15) is 0 Å². The Morgan fingerprint density at radius 3 is 2.63 bits per heavy atom. The van der Waals surface area contributed by atoms with Crippen LogP contribution in [0.5, 0.6) is 0 Å². The van der Waals surface area contributed by atoms with Crippen molar-refractivity contribution in [1.82, 2.24) is 5.32 Å². The van der Waals surface area contributed by atoms with Crippen LogP contribution in [-0.2, 0) is 4.79 Å². The van der Waals surface area contributed by atoms with Gasteiger partial charge in [0.05, 0.1) is 23.1 Å². The number of benzene rings is 1. The van der Waals surface area contributed by atoms with E-state index in [4.69, 9.17) is 5.26 Å². The first-order valence-corrected chi connectivity index (χ1v) is 5.80. The molecule has 0 radical (unpaired) electrons. The third-order valence-corrected chi connectivity index (χ3v) is 3.34. The molecule has 0 spiro atoms. The molecule has 2 heterocycles. The van der Waals surface area contributed by atoms with Gasteiger partial charge in [-0.2, -0.15) is 5.26 Å². The molecule has 94 valence electrons. The van der Waals surface area contributed by atoms with Crippen LogP contribution in [0.2, 0.25) is 0 Å². The zero-order valence-electron chi connectivity index (χ0n) is 9.84. The highest BCUT2D eigenvalue weighted by molar-refractivity contribution is 6.22. The van der Waals surface area contributed by atoms with E-state index >= 15 is 0 Å². The fourth-order valence-corrected chi connectivity index (χ4v) is 2.37. The molecule has 6 heteroatoms. The minimum absolute atomic E-state index is 0.142. The Morgan fingerprint density at radius 2 is 1.95 bits per heavy atom. The van der Waals surface area contributed by atoms with Gasteiger partial charge in [0, 0.05) is 18.7 Å². The zero-order valence-corrected chi connectivity index (χ0v) is 9.84. The third kappa shape index (κ3) is 1.67. The summed E-state index contributed by atoms with van der Waals surface area (Å²) in [6.45, 7) is 0.323. The molecular weight excluding hydrogens is 246 g/mol. The largest absolute Gasteiger partial charge is 0.311 e. The van der Waals surface area contributed by atoms with Crippen LogP contribution in [0.3, 0.4) is 0 Å². The van der Waals surface area contributed by atoms with Crippen molar-refractivity contribution in [2.24, 2.45) is 5.92 Å². The third-order valence-electron chi connectivity index (χ3n) is 3.34. The fraction of sp³-hybridized carbons (Fsp3) is 0.231. The number of fused-ring (bicyclic) bond motifs is 1. The van der Waals surface area contributed by atoms with E-state index in [0.717, 1.165) is 0 Å². The lowest BCUT2D eigenvalue weighted by molar-refractivity contribution is -0.117. The summed E-state index contributed by atoms with van der Waals surface area (Å²) in [5.74, 6) is -1.34. The molecule has 3 amide bonds. The number of rotatable bonds is 1. The van der Waals surface area contributed by atoms with Crippen molar-refractivity contribution in [1.29, 1.82) is 5.26 Å². The number of hydrogen-bond donors (Lipinski definition) is 1. The van der Waals surface area contributed by atoms with Crippen LogP contribution < -0.4 is 10.2 Å². The SMILES string of the molecule is N#CC1CC(=O)N(c2ccc3c(c2)C(=O)NC3=O)C1. The lowest BCUT2D eigenvalue weighted by atomic mass is 10.1. The average Bonchev–Trinajstić information content (AvgIpc) is 2.91. The molecule has 1 saturated heterocycles. The minimum Gasteiger partial charge on any atom is -0.311 e. The summed E-state index contributed by atoms with van der Waals surface area (Å²) in [4.78, 5) is 36.2. The minimum atomic E-state index is -0.453. The Bertz CT molecular complexity index is 660. The maximum Gasteiger partial charge on any atom is 0.259 e. The highest BCUT2D eigenvalue weighted by atomic mass is 16.2. The van der Waals surface area contributed by atoms with E-state index in [1.165, 1.54) is 17.0 Å². The van der Waals surface area contributed by atoms with Crippen molar-refractivity contribution in [2.45, 2.75) is 6.42 Å². The zero-order chi connectivity index (χ0) is 13.6. The Labute approximate surface area is 108 Å². The van der Waals surface area contributed by atoms with Gasteiger partial charge in [0.25, 0.3) is 11.8 Å². The molecule has 1 aromatic carbocycles. The quantitative estimate of drug-likeness (QED) is 0.737. The fourth-order valence-electron chi connectivity index (χ4n) is 2.37. The van der Waals surface area contributed by atoms with Crippen LogP contribution in [-0.4, -0.2) is 24.3 Å². The summed E-state index contributed by atoms with van der Waals surface area (Å²) in [5.41, 5.74) is 1.14. The van der Waals surface area contributed by atoms with Crippen LogP contribution in [0, 0.1) is 17.2 Å². The van der Waals surface area contributed by atoms with Gasteiger partial charge in [-0.15, -0.1) is 0 Å². The molecule has 1 N–H and O–H groups in total. The summed E-state index contributed by atoms with van der Waals surface area (Å²) in [7, 11) is 0. The summed E-state index contributed by atoms with van der Waals surface area (Å²) in [6.07, 6.45) is 0.193. The van der Waals surface area contributed by atoms with E-state index in [2.05, 4.69) is 11.4 Å². The number of amides is 3. The molecule has 0 bridgehead atoms. The first-order valence-electron chi connectivity index (χ1n) is 5.80. The van der Waals surface area contributed by atoms with Gasteiger partial charge < -0.3 is 4.90 Å². The summed E-state index contributed by atoms with van der Waals surface area (Å²) < 4.78 is 0. The second-order valence-corrected chi connectivity index (χ2v) is 4.55. The van der Waals surface area contributed by atoms with Crippen LogP contribution in [0.15, 0.2) is 18.2 Å². The van der Waals surface area contributed by atoms with Crippen LogP contribution in [0.4, 0.5) is 5.69 Å². The highest BCUT2D eigenvalue weighted by Crippen LogP contribution is 2.28. The topological polar surface area (TPSA) is 90.3 Å². The van der Waals surface area contributed by atoms with Crippen molar-refractivity contribution < 1.29 is 14.4 Å². The number of nitrogens with one attached hydrogen (secondary N) is 1. The molecule has 6 nitrogen and oxygen atoms in total. The smallest absolute Gasteiger partial charge is 0.259 e. The van der Waals surface area contributed by atoms with Gasteiger partial charge in [-0.1, -0.05) is 0 Å². The molecule has 2 aliphatic rings. The standard InChI is InChI=1S/C13H9N3O3/c14-5-7-3-11(17)16(6-7)8-1-2-9-10(4-8)13(19)15-12(9)18/h1-2,4,7H,3,6H2,(H,15,18,19). The Balaban J connectivity index is 1.98. The second-order valence-electron chi connectivity index (χ2n) is 4.55. The van der Waals surface area contributed by atoms with Gasteiger partial charge in [-0.3, -0.25) is 19.7 Å². The molecule has 0 aliphatic carbocycles. The first kappa shape index (κ1) is 11.4. The average molecular weight is 255 g/mol. The monoisotopic (exact) mass is 255 g/mol. The Morgan fingerprint density at radius 1 is 1.21 bits per heavy atom. The van der Waals surface area contributed by atoms with Crippen molar-refractivity contribution in [3.05, 3.63) is 29.3 Å². The van der Waals surface area contributed by atoms with Gasteiger partial charge >= 0.3 is 0 Å². The molecule has 0 aromatic heterocycles. The van der Waals surface area contributed by atoms with Crippen LogP contribution in [0.25, 0.3) is 0 Å². The number of hydrogen-bond acceptors (Lipinski definition) is 4. The maximum absolute atomic E-state index is 11.8. The predicted molar refractivity (Wildman–Crippen MR) is 64.3 cm³/mol. The highest BCUT2D eigenvalue weighted by Gasteiger charge is 2.33. The van der Waals surface area contributed by atoms with E-state index in [0.29, 0.717) is 17.8 Å². The number of imide groups is 1. The Hall–Kier alpha value is -2.68. The molecule has 2 aliphatic heterocycles. The number of anilines is 1. The number of carbonyl (C=O) groups is 3. The number of nitriles is 1. The summed E-state index contributed by atoms with van der Waals surface area (Å²) in [5, 5.41) is 11.0. The molecular formula is C13H9N3O3. The van der Waals surface area contributed by atoms with Crippen LogP contribution in [0.1, 0.15) is 27.1 Å². The molecule has 1 aromatic rings. The molecule has 19 heavy (non-hydrogen) atoms. The van der Waals surface area contributed by atoms with E-state index in [1.807, 2.05) is 0 Å². The first-order chi connectivity index (χ1) is 9.10. The van der Waals surface area contributed by atoms with Crippen molar-refractivity contribution >= 4 is 23.4 Å². The van der Waals surface area contributed by atoms with Gasteiger partial charge in [0.2, 0.25) is 5.91 Å². The normalized spacial score (nSPS) is 21.3. The van der Waals surface area contributed by atoms with Gasteiger partial charge in [-0.25, -0.2) is 0 Å². The van der Waals surface area contributed by atoms with E-state index in [9.17, 15) is 14.4 Å². The van der Waals surface area contributed by atoms with Gasteiger partial charge in [-0.05, 0) is 18.2 Å². The molecule has 1 unspecified atom stereocenters. The lowest BCUT2D eigenvalue weighted by Gasteiger charge is -2.16. The van der Waals surface area contributed by atoms with Gasteiger partial charge in [0.15, 0.2) is 0 Å². The lowest BCUT2D eigenvalue weighted by Crippen LogP contribution is -2.24. The number of nitrogens with zero attached hydrogens (tertiary/aromatic N) is 2. The molecule has 0 saturated carbocycles. The summed E-state index contributed by atoms with van der Waals surface area (Å²) >= 11 is 0. The van der Waals surface area contributed by atoms with E-state index < -0.39 is 11.8 Å². The van der Waals surface area contributed by atoms with Crippen molar-refractivity contribution in [2.75, 3.05) is 11.4 Å². The van der Waals surface area contributed by atoms with Crippen molar-refractivity contribution in [3.63, 3.8) is 0 Å². The second kappa shape index (κ2) is 3.92. The van der Waals surface area contributed by atoms with E-state index in [1.54, 1.807) is 6.07 Å². The summed E-state index contributed by atoms with van der Waals surface area (Å²) in [6, 6.07) is 6.73. The predicted octanol–water partition coefficient (Wildman–Crippen LogP) is 0.447.